The van der Waals surface area contributed by atoms with Gasteiger partial charge in [0, 0.05) is 6.54 Å². The summed E-state index contributed by atoms with van der Waals surface area (Å²) in [6, 6.07) is 5.00. The van der Waals surface area contributed by atoms with Gasteiger partial charge in [0.05, 0.1) is 21.7 Å². The Morgan fingerprint density at radius 1 is 1.38 bits per heavy atom. The lowest BCUT2D eigenvalue weighted by Gasteiger charge is -2.33. The number of carbonyl (C=O) groups excluding carboxylic acids is 2. The normalized spacial score (nSPS) is 13.6. The number of aryl methyl sites for hydroxylation is 1. The van der Waals surface area contributed by atoms with Crippen LogP contribution in [0.5, 0.6) is 0 Å². The van der Waals surface area contributed by atoms with Crippen LogP contribution in [0.2, 0.25) is 0 Å². The summed E-state index contributed by atoms with van der Waals surface area (Å²) in [5.74, 6) is -0.104. The van der Waals surface area contributed by atoms with Gasteiger partial charge in [0.15, 0.2) is 5.76 Å². The molecule has 2 heterocycles. The van der Waals surface area contributed by atoms with Crippen molar-refractivity contribution in [2.24, 2.45) is 11.7 Å². The highest BCUT2D eigenvalue weighted by Gasteiger charge is 2.30. The van der Waals surface area contributed by atoms with Crippen LogP contribution in [0.1, 0.15) is 46.6 Å². The molecule has 1 unspecified atom stereocenters. The van der Waals surface area contributed by atoms with E-state index in [1.807, 2.05) is 27.7 Å². The third-order valence-corrected chi connectivity index (χ3v) is 5.35. The third kappa shape index (κ3) is 3.85. The topological polar surface area (TPSA) is 97.4 Å². The number of furan rings is 1. The van der Waals surface area contributed by atoms with Crippen molar-refractivity contribution in [3.05, 3.63) is 40.7 Å². The minimum Gasteiger partial charge on any atom is -0.459 e. The Labute approximate surface area is 145 Å². The van der Waals surface area contributed by atoms with Crippen molar-refractivity contribution in [3.8, 4) is 0 Å². The lowest BCUT2D eigenvalue weighted by molar-refractivity contribution is 0.0886. The average Bonchev–Trinajstić information content (AvgIpc) is 3.16. The van der Waals surface area contributed by atoms with Crippen molar-refractivity contribution in [2.45, 2.75) is 33.2 Å². The number of nitrogens with one attached hydrogen (secondary N) is 2. The molecule has 24 heavy (non-hydrogen) atoms. The number of nitrogens with two attached hydrogens (primary N) is 1. The molecule has 2 amide bonds. The highest BCUT2D eigenvalue weighted by atomic mass is 32.1. The highest BCUT2D eigenvalue weighted by molar-refractivity contribution is 7.18. The summed E-state index contributed by atoms with van der Waals surface area (Å²) in [4.78, 5) is 25.2. The summed E-state index contributed by atoms with van der Waals surface area (Å²) in [6.45, 7) is 8.15. The fraction of sp³-hybridized carbons (Fsp3) is 0.412. The van der Waals surface area contributed by atoms with Gasteiger partial charge < -0.3 is 20.8 Å². The summed E-state index contributed by atoms with van der Waals surface area (Å²) >= 11 is 1.23. The van der Waals surface area contributed by atoms with Crippen molar-refractivity contribution in [1.29, 1.82) is 0 Å². The third-order valence-electron chi connectivity index (χ3n) is 4.20. The Hall–Kier alpha value is -2.12. The lowest BCUT2D eigenvalue weighted by atomic mass is 9.88. The summed E-state index contributed by atoms with van der Waals surface area (Å²) < 4.78 is 5.06. The van der Waals surface area contributed by atoms with Crippen LogP contribution < -0.4 is 16.4 Å². The van der Waals surface area contributed by atoms with Crippen LogP contribution >= 0.6 is 11.3 Å². The molecule has 0 radical (unpaired) electrons. The molecule has 0 aliphatic heterocycles. The molecule has 0 saturated carbocycles. The summed E-state index contributed by atoms with van der Waals surface area (Å²) in [5.41, 5.74) is 6.14. The van der Waals surface area contributed by atoms with E-state index >= 15 is 0 Å². The maximum atomic E-state index is 12.6. The second-order valence-electron chi connectivity index (χ2n) is 6.28. The maximum absolute atomic E-state index is 12.6. The first-order valence-electron chi connectivity index (χ1n) is 7.74. The van der Waals surface area contributed by atoms with E-state index in [2.05, 4.69) is 10.6 Å². The van der Waals surface area contributed by atoms with Gasteiger partial charge in [-0.25, -0.2) is 0 Å². The zero-order valence-electron chi connectivity index (χ0n) is 14.3. The quantitative estimate of drug-likeness (QED) is 0.747. The molecule has 1 atom stereocenters. The molecule has 7 heteroatoms. The van der Waals surface area contributed by atoms with Crippen LogP contribution in [0.4, 0.5) is 5.00 Å². The van der Waals surface area contributed by atoms with Crippen molar-refractivity contribution >= 4 is 28.2 Å². The van der Waals surface area contributed by atoms with Gasteiger partial charge in [-0.05, 0) is 43.5 Å². The molecule has 2 aromatic heterocycles. The minimum atomic E-state index is -0.481. The van der Waals surface area contributed by atoms with Crippen LogP contribution in [-0.4, -0.2) is 23.9 Å². The molecule has 6 nitrogen and oxygen atoms in total. The molecular formula is C17H23N3O3S. The second kappa shape index (κ2) is 7.19. The van der Waals surface area contributed by atoms with Gasteiger partial charge >= 0.3 is 0 Å². The van der Waals surface area contributed by atoms with Crippen molar-refractivity contribution in [1.82, 2.24) is 5.32 Å². The van der Waals surface area contributed by atoms with E-state index < -0.39 is 5.54 Å². The Bertz CT molecular complexity index is 722. The Morgan fingerprint density at radius 3 is 2.62 bits per heavy atom. The number of carbonyl (C=O) groups is 2. The van der Waals surface area contributed by atoms with E-state index in [1.165, 1.54) is 17.6 Å². The van der Waals surface area contributed by atoms with Crippen molar-refractivity contribution < 1.29 is 14.0 Å². The number of rotatable bonds is 6. The summed E-state index contributed by atoms with van der Waals surface area (Å²) in [5, 5.41) is 6.35. The van der Waals surface area contributed by atoms with Gasteiger partial charge in [-0.3, -0.25) is 9.59 Å². The van der Waals surface area contributed by atoms with Crippen LogP contribution in [0.25, 0.3) is 0 Å². The largest absolute Gasteiger partial charge is 0.459 e. The smallest absolute Gasteiger partial charge is 0.291 e. The van der Waals surface area contributed by atoms with Crippen molar-refractivity contribution in [3.63, 3.8) is 0 Å². The van der Waals surface area contributed by atoms with E-state index in [0.29, 0.717) is 16.4 Å². The zero-order valence-corrected chi connectivity index (χ0v) is 15.1. The molecule has 2 aromatic rings. The molecule has 0 bridgehead atoms. The molecule has 0 aliphatic rings. The molecule has 0 aromatic carbocycles. The highest BCUT2D eigenvalue weighted by Crippen LogP contribution is 2.28. The molecule has 4 N–H and O–H groups in total. The van der Waals surface area contributed by atoms with E-state index in [0.717, 1.165) is 5.56 Å². The Balaban J connectivity index is 2.13. The first-order valence-corrected chi connectivity index (χ1v) is 8.56. The molecule has 0 fully saturated rings. The first-order chi connectivity index (χ1) is 11.3. The van der Waals surface area contributed by atoms with E-state index in [4.69, 9.17) is 10.2 Å². The standard InChI is InChI=1S/C17H23N3O3S/c1-10(2)17(4,9-18)20-16(22)14-11(3)8-13(24-14)19-15(21)12-6-5-7-23-12/h5-8,10H,9,18H2,1-4H3,(H,19,21)(H,20,22). The van der Waals surface area contributed by atoms with Crippen LogP contribution in [-0.2, 0) is 0 Å². The van der Waals surface area contributed by atoms with Crippen LogP contribution in [0.15, 0.2) is 28.9 Å². The second-order valence-corrected chi connectivity index (χ2v) is 7.34. The fourth-order valence-corrected chi connectivity index (χ4v) is 3.06. The number of hydrogen-bond donors (Lipinski definition) is 3. The van der Waals surface area contributed by atoms with Gasteiger partial charge in [-0.15, -0.1) is 11.3 Å². The molecule has 2 rings (SSSR count). The maximum Gasteiger partial charge on any atom is 0.291 e. The molecule has 0 spiro atoms. The number of amides is 2. The van der Waals surface area contributed by atoms with Gasteiger partial charge in [0.2, 0.25) is 0 Å². The molecular weight excluding hydrogens is 326 g/mol. The van der Waals surface area contributed by atoms with Crippen LogP contribution in [0.3, 0.4) is 0 Å². The zero-order chi connectivity index (χ0) is 17.9. The molecule has 0 saturated heterocycles. The van der Waals surface area contributed by atoms with E-state index in [9.17, 15) is 9.59 Å². The number of anilines is 1. The van der Waals surface area contributed by atoms with Crippen molar-refractivity contribution in [2.75, 3.05) is 11.9 Å². The van der Waals surface area contributed by atoms with Gasteiger partial charge in [0.25, 0.3) is 11.8 Å². The lowest BCUT2D eigenvalue weighted by Crippen LogP contribution is -2.54. The van der Waals surface area contributed by atoms with E-state index in [1.54, 1.807) is 18.2 Å². The predicted octanol–water partition coefficient (Wildman–Crippen LogP) is 3.01. The average molecular weight is 349 g/mol. The van der Waals surface area contributed by atoms with E-state index in [-0.39, 0.29) is 23.5 Å². The van der Waals surface area contributed by atoms with Gasteiger partial charge in [0.1, 0.15) is 0 Å². The number of hydrogen-bond acceptors (Lipinski definition) is 5. The molecule has 130 valence electrons. The summed E-state index contributed by atoms with van der Waals surface area (Å²) in [7, 11) is 0. The Morgan fingerprint density at radius 2 is 2.08 bits per heavy atom. The fourth-order valence-electron chi connectivity index (χ4n) is 2.10. The Kier molecular flexibility index (Phi) is 5.46. The summed E-state index contributed by atoms with van der Waals surface area (Å²) in [6.07, 6.45) is 1.44. The minimum absolute atomic E-state index is 0.183. The SMILES string of the molecule is Cc1cc(NC(=O)c2ccco2)sc1C(=O)NC(C)(CN)C(C)C. The molecule has 0 aliphatic carbocycles. The van der Waals surface area contributed by atoms with Crippen LogP contribution in [0, 0.1) is 12.8 Å². The predicted molar refractivity (Wildman–Crippen MR) is 95.5 cm³/mol. The van der Waals surface area contributed by atoms with Gasteiger partial charge in [-0.2, -0.15) is 0 Å². The monoisotopic (exact) mass is 349 g/mol. The van der Waals surface area contributed by atoms with Gasteiger partial charge in [-0.1, -0.05) is 13.8 Å². The first kappa shape index (κ1) is 18.2. The number of thiophene rings is 1.